The minimum Gasteiger partial charge on any atom is -0.265 e. The highest BCUT2D eigenvalue weighted by Gasteiger charge is 2.18. The lowest BCUT2D eigenvalue weighted by molar-refractivity contribution is 0.606. The highest BCUT2D eigenvalue weighted by Crippen LogP contribution is 2.23. The molecule has 2 aromatic carbocycles. The van der Waals surface area contributed by atoms with E-state index in [1.807, 2.05) is 44.2 Å². The van der Waals surface area contributed by atoms with Gasteiger partial charge in [0.2, 0.25) is 0 Å². The lowest BCUT2D eigenvalue weighted by Gasteiger charge is -2.12. The van der Waals surface area contributed by atoms with Crippen molar-refractivity contribution in [1.29, 1.82) is 0 Å². The molecule has 4 rings (SSSR count). The second-order valence-corrected chi connectivity index (χ2v) is 6.78. The molecule has 0 aliphatic rings. The van der Waals surface area contributed by atoms with E-state index in [0.717, 1.165) is 22.3 Å². The zero-order chi connectivity index (χ0) is 19.0. The number of nitrogens with zero attached hydrogens (tertiary/aromatic N) is 4. The molecule has 2 heterocycles. The van der Waals surface area contributed by atoms with Gasteiger partial charge in [-0.2, -0.15) is 10.2 Å². The highest BCUT2D eigenvalue weighted by molar-refractivity contribution is 5.82. The van der Waals surface area contributed by atoms with Gasteiger partial charge >= 0.3 is 0 Å². The Bertz CT molecular complexity index is 1140. The van der Waals surface area contributed by atoms with Crippen LogP contribution < -0.4 is 5.56 Å². The van der Waals surface area contributed by atoms with Crippen LogP contribution >= 0.6 is 0 Å². The minimum absolute atomic E-state index is 0.126. The average Bonchev–Trinajstić information content (AvgIpc) is 3.11. The molecule has 0 saturated carbocycles. The molecular weight excluding hydrogens is 343 g/mol. The van der Waals surface area contributed by atoms with Crippen LogP contribution in [-0.2, 0) is 6.54 Å². The number of halogens is 1. The molecule has 0 aliphatic carbocycles. The van der Waals surface area contributed by atoms with Gasteiger partial charge in [0, 0.05) is 5.39 Å². The molecule has 2 aromatic heterocycles. The molecule has 0 fully saturated rings. The predicted molar refractivity (Wildman–Crippen MR) is 103 cm³/mol. The molecule has 4 aromatic rings. The molecule has 27 heavy (non-hydrogen) atoms. The lowest BCUT2D eigenvalue weighted by Crippen LogP contribution is -2.27. The summed E-state index contributed by atoms with van der Waals surface area (Å²) in [6, 6.07) is 15.6. The molecule has 0 spiro atoms. The molecule has 0 amide bonds. The Morgan fingerprint density at radius 3 is 2.41 bits per heavy atom. The van der Waals surface area contributed by atoms with Crippen LogP contribution in [0.2, 0.25) is 0 Å². The van der Waals surface area contributed by atoms with E-state index in [4.69, 9.17) is 0 Å². The van der Waals surface area contributed by atoms with Gasteiger partial charge < -0.3 is 0 Å². The van der Waals surface area contributed by atoms with Crippen molar-refractivity contribution in [3.63, 3.8) is 0 Å². The number of para-hydroxylation sites is 1. The van der Waals surface area contributed by atoms with Crippen LogP contribution in [0.15, 0.2) is 65.6 Å². The first-order chi connectivity index (χ1) is 13.0. The molecular formula is C21H19FN4O. The monoisotopic (exact) mass is 362 g/mol. The maximum atomic E-state index is 13.2. The quantitative estimate of drug-likeness (QED) is 0.553. The fourth-order valence-corrected chi connectivity index (χ4v) is 3.15. The first kappa shape index (κ1) is 17.1. The van der Waals surface area contributed by atoms with Crippen molar-refractivity contribution in [2.45, 2.75) is 26.3 Å². The molecule has 0 atom stereocenters. The van der Waals surface area contributed by atoms with Crippen molar-refractivity contribution in [3.05, 3.63) is 88.2 Å². The second-order valence-electron chi connectivity index (χ2n) is 6.78. The molecule has 0 N–H and O–H groups in total. The van der Waals surface area contributed by atoms with Gasteiger partial charge in [0.1, 0.15) is 11.3 Å². The zero-order valence-electron chi connectivity index (χ0n) is 15.1. The van der Waals surface area contributed by atoms with Gasteiger partial charge in [0.05, 0.1) is 24.1 Å². The van der Waals surface area contributed by atoms with Gasteiger partial charge in [-0.1, -0.05) is 44.2 Å². The number of rotatable bonds is 4. The van der Waals surface area contributed by atoms with Crippen molar-refractivity contribution < 1.29 is 4.39 Å². The summed E-state index contributed by atoms with van der Waals surface area (Å²) in [6.07, 6.45) is 1.70. The van der Waals surface area contributed by atoms with E-state index in [1.54, 1.807) is 23.0 Å². The standard InChI is InChI=1S/C21H19FN4O/c1-14(2)19-18-12-23-26(17-6-4-3-5-7-17)20(18)21(27)25(24-19)13-15-8-10-16(22)11-9-15/h3-12,14H,13H2,1-2H3. The van der Waals surface area contributed by atoms with E-state index in [1.165, 1.54) is 16.8 Å². The molecule has 0 saturated heterocycles. The van der Waals surface area contributed by atoms with E-state index in [9.17, 15) is 9.18 Å². The van der Waals surface area contributed by atoms with E-state index in [-0.39, 0.29) is 23.8 Å². The summed E-state index contributed by atoms with van der Waals surface area (Å²) in [5, 5.41) is 9.78. The van der Waals surface area contributed by atoms with Gasteiger partial charge in [-0.15, -0.1) is 0 Å². The van der Waals surface area contributed by atoms with Gasteiger partial charge in [-0.25, -0.2) is 13.8 Å². The molecule has 6 heteroatoms. The number of benzene rings is 2. The van der Waals surface area contributed by atoms with Crippen molar-refractivity contribution in [1.82, 2.24) is 19.6 Å². The Hall–Kier alpha value is -3.28. The third kappa shape index (κ3) is 3.14. The molecule has 5 nitrogen and oxygen atoms in total. The van der Waals surface area contributed by atoms with Crippen molar-refractivity contribution in [3.8, 4) is 5.69 Å². The largest absolute Gasteiger partial charge is 0.293 e. The third-order valence-electron chi connectivity index (χ3n) is 4.50. The molecule has 136 valence electrons. The Kier molecular flexibility index (Phi) is 4.32. The van der Waals surface area contributed by atoms with Gasteiger partial charge in [0.25, 0.3) is 5.56 Å². The van der Waals surface area contributed by atoms with Crippen LogP contribution in [0.4, 0.5) is 4.39 Å². The van der Waals surface area contributed by atoms with Crippen LogP contribution in [-0.4, -0.2) is 19.6 Å². The third-order valence-corrected chi connectivity index (χ3v) is 4.50. The zero-order valence-corrected chi connectivity index (χ0v) is 15.1. The fourth-order valence-electron chi connectivity index (χ4n) is 3.15. The maximum absolute atomic E-state index is 13.2. The summed E-state index contributed by atoms with van der Waals surface area (Å²) in [7, 11) is 0. The minimum atomic E-state index is -0.306. The topological polar surface area (TPSA) is 52.7 Å². The number of hydrogen-bond donors (Lipinski definition) is 0. The summed E-state index contributed by atoms with van der Waals surface area (Å²) < 4.78 is 16.3. The summed E-state index contributed by atoms with van der Waals surface area (Å²) in [5.74, 6) is -0.180. The van der Waals surface area contributed by atoms with Crippen molar-refractivity contribution >= 4 is 10.9 Å². The summed E-state index contributed by atoms with van der Waals surface area (Å²) in [5.41, 5.74) is 2.72. The molecule has 0 aliphatic heterocycles. The lowest BCUT2D eigenvalue weighted by atomic mass is 10.1. The molecule has 0 radical (unpaired) electrons. The van der Waals surface area contributed by atoms with Crippen LogP contribution in [0.25, 0.3) is 16.6 Å². The highest BCUT2D eigenvalue weighted by atomic mass is 19.1. The van der Waals surface area contributed by atoms with E-state index in [0.29, 0.717) is 5.52 Å². The van der Waals surface area contributed by atoms with E-state index < -0.39 is 0 Å². The Morgan fingerprint density at radius 2 is 1.74 bits per heavy atom. The summed E-state index contributed by atoms with van der Waals surface area (Å²) in [4.78, 5) is 13.2. The smallest absolute Gasteiger partial charge is 0.265 e. The summed E-state index contributed by atoms with van der Waals surface area (Å²) >= 11 is 0. The predicted octanol–water partition coefficient (Wildman–Crippen LogP) is 3.89. The van der Waals surface area contributed by atoms with Crippen molar-refractivity contribution in [2.24, 2.45) is 0 Å². The first-order valence-corrected chi connectivity index (χ1v) is 8.83. The van der Waals surface area contributed by atoms with E-state index in [2.05, 4.69) is 10.2 Å². The van der Waals surface area contributed by atoms with Gasteiger partial charge in [0.15, 0.2) is 0 Å². The molecule has 0 unspecified atom stereocenters. The Morgan fingerprint density at radius 1 is 1.04 bits per heavy atom. The SMILES string of the molecule is CC(C)c1nn(Cc2ccc(F)cc2)c(=O)c2c1cnn2-c1ccccc1. The van der Waals surface area contributed by atoms with Crippen molar-refractivity contribution in [2.75, 3.05) is 0 Å². The average molecular weight is 362 g/mol. The fraction of sp³-hybridized carbons (Fsp3) is 0.190. The van der Waals surface area contributed by atoms with Gasteiger partial charge in [-0.05, 0) is 35.7 Å². The second kappa shape index (κ2) is 6.79. The number of aromatic nitrogens is 4. The first-order valence-electron chi connectivity index (χ1n) is 8.83. The Labute approximate surface area is 155 Å². The van der Waals surface area contributed by atoms with E-state index >= 15 is 0 Å². The van der Waals surface area contributed by atoms with Crippen LogP contribution in [0.1, 0.15) is 31.0 Å². The number of fused-ring (bicyclic) bond motifs is 1. The van der Waals surface area contributed by atoms with Gasteiger partial charge in [-0.3, -0.25) is 4.79 Å². The number of hydrogen-bond acceptors (Lipinski definition) is 3. The van der Waals surface area contributed by atoms with Crippen LogP contribution in [0.3, 0.4) is 0 Å². The Balaban J connectivity index is 1.93. The van der Waals surface area contributed by atoms with Crippen LogP contribution in [0.5, 0.6) is 0 Å². The normalized spacial score (nSPS) is 11.4. The maximum Gasteiger partial charge on any atom is 0.293 e. The molecule has 0 bridgehead atoms. The van der Waals surface area contributed by atoms with Crippen LogP contribution in [0, 0.1) is 5.82 Å². The summed E-state index contributed by atoms with van der Waals surface area (Å²) in [6.45, 7) is 4.34.